The molecule has 0 bridgehead atoms. The SMILES string of the molecule is Cc1nc(C(=O)COc2ccccc2C(C)(C)C)sc1C(=O)O. The molecule has 5 nitrogen and oxygen atoms in total. The van der Waals surface area contributed by atoms with E-state index in [-0.39, 0.29) is 27.7 Å². The van der Waals surface area contributed by atoms with Crippen LogP contribution in [0.2, 0.25) is 0 Å². The van der Waals surface area contributed by atoms with Crippen LogP contribution in [0.25, 0.3) is 0 Å². The molecule has 0 aliphatic heterocycles. The maximum Gasteiger partial charge on any atom is 0.347 e. The van der Waals surface area contributed by atoms with Gasteiger partial charge in [-0.15, -0.1) is 11.3 Å². The molecule has 0 saturated heterocycles. The summed E-state index contributed by atoms with van der Waals surface area (Å²) < 4.78 is 5.66. The first-order valence-electron chi connectivity index (χ1n) is 7.16. The van der Waals surface area contributed by atoms with Gasteiger partial charge in [-0.2, -0.15) is 0 Å². The fourth-order valence-electron chi connectivity index (χ4n) is 2.13. The fraction of sp³-hybridized carbons (Fsp3) is 0.353. The molecule has 1 aromatic heterocycles. The van der Waals surface area contributed by atoms with Crippen LogP contribution < -0.4 is 4.74 Å². The molecule has 0 saturated carbocycles. The number of aromatic nitrogens is 1. The van der Waals surface area contributed by atoms with Gasteiger partial charge in [0.25, 0.3) is 0 Å². The number of carboxylic acids is 1. The van der Waals surface area contributed by atoms with Gasteiger partial charge in [0.1, 0.15) is 10.6 Å². The van der Waals surface area contributed by atoms with Crippen molar-refractivity contribution in [1.29, 1.82) is 0 Å². The topological polar surface area (TPSA) is 76.5 Å². The summed E-state index contributed by atoms with van der Waals surface area (Å²) in [5.41, 5.74) is 1.25. The molecule has 23 heavy (non-hydrogen) atoms. The van der Waals surface area contributed by atoms with Crippen molar-refractivity contribution in [3.05, 3.63) is 45.4 Å². The largest absolute Gasteiger partial charge is 0.485 e. The molecule has 1 heterocycles. The number of ether oxygens (including phenoxy) is 1. The molecule has 0 spiro atoms. The molecule has 0 amide bonds. The van der Waals surface area contributed by atoms with E-state index >= 15 is 0 Å². The minimum atomic E-state index is -1.07. The predicted molar refractivity (Wildman–Crippen MR) is 88.8 cm³/mol. The number of benzene rings is 1. The summed E-state index contributed by atoms with van der Waals surface area (Å²) in [5.74, 6) is -0.743. The molecule has 2 aromatic rings. The number of thiazole rings is 1. The van der Waals surface area contributed by atoms with Gasteiger partial charge in [0.15, 0.2) is 11.6 Å². The minimum Gasteiger partial charge on any atom is -0.485 e. The number of carboxylic acid groups (broad SMARTS) is 1. The summed E-state index contributed by atoms with van der Waals surface area (Å²) in [7, 11) is 0. The van der Waals surface area contributed by atoms with Crippen LogP contribution in [0.15, 0.2) is 24.3 Å². The third-order valence-electron chi connectivity index (χ3n) is 3.28. The minimum absolute atomic E-state index is 0.0865. The van der Waals surface area contributed by atoms with Crippen LogP contribution in [0.3, 0.4) is 0 Å². The van der Waals surface area contributed by atoms with Gasteiger partial charge in [-0.05, 0) is 24.0 Å². The van der Waals surface area contributed by atoms with Crippen molar-refractivity contribution in [1.82, 2.24) is 4.98 Å². The van der Waals surface area contributed by atoms with Crippen molar-refractivity contribution in [2.24, 2.45) is 0 Å². The molecule has 1 N–H and O–H groups in total. The lowest BCUT2D eigenvalue weighted by Crippen LogP contribution is -2.16. The second-order valence-corrected chi connectivity index (χ2v) is 7.20. The van der Waals surface area contributed by atoms with Crippen LogP contribution in [0.5, 0.6) is 5.75 Å². The van der Waals surface area contributed by atoms with E-state index in [0.717, 1.165) is 16.9 Å². The monoisotopic (exact) mass is 333 g/mol. The zero-order valence-corrected chi connectivity index (χ0v) is 14.4. The van der Waals surface area contributed by atoms with E-state index in [2.05, 4.69) is 25.8 Å². The number of Topliss-reactive ketones (excluding diaryl/α,β-unsaturated/α-hetero) is 1. The molecule has 0 unspecified atom stereocenters. The van der Waals surface area contributed by atoms with Crippen molar-refractivity contribution in [3.8, 4) is 5.75 Å². The molecular weight excluding hydrogens is 314 g/mol. The van der Waals surface area contributed by atoms with Crippen molar-refractivity contribution in [2.45, 2.75) is 33.1 Å². The fourth-order valence-corrected chi connectivity index (χ4v) is 2.96. The van der Waals surface area contributed by atoms with E-state index in [4.69, 9.17) is 9.84 Å². The lowest BCUT2D eigenvalue weighted by molar-refractivity contribution is 0.0701. The summed E-state index contributed by atoms with van der Waals surface area (Å²) in [6.07, 6.45) is 0. The first-order valence-corrected chi connectivity index (χ1v) is 7.98. The summed E-state index contributed by atoms with van der Waals surface area (Å²) in [5, 5.41) is 9.18. The number of hydrogen-bond acceptors (Lipinski definition) is 5. The van der Waals surface area contributed by atoms with E-state index in [1.54, 1.807) is 6.92 Å². The van der Waals surface area contributed by atoms with Gasteiger partial charge in [0, 0.05) is 0 Å². The number of aromatic carboxylic acids is 1. The van der Waals surface area contributed by atoms with E-state index < -0.39 is 5.97 Å². The normalized spacial score (nSPS) is 11.3. The van der Waals surface area contributed by atoms with Crippen LogP contribution in [-0.2, 0) is 5.41 Å². The van der Waals surface area contributed by atoms with Gasteiger partial charge in [-0.3, -0.25) is 4.79 Å². The average Bonchev–Trinajstić information content (AvgIpc) is 2.86. The number of ketones is 1. The predicted octanol–water partition coefficient (Wildman–Crippen LogP) is 3.71. The maximum absolute atomic E-state index is 12.2. The second kappa shape index (κ2) is 6.50. The standard InChI is InChI=1S/C17H19NO4S/c1-10-14(16(20)21)23-15(18-10)12(19)9-22-13-8-6-5-7-11(13)17(2,3)4/h5-8H,9H2,1-4H3,(H,20,21). The second-order valence-electron chi connectivity index (χ2n) is 6.20. The molecule has 1 aromatic carbocycles. The molecule has 2 rings (SSSR count). The van der Waals surface area contributed by atoms with Crippen molar-refractivity contribution in [3.63, 3.8) is 0 Å². The highest BCUT2D eigenvalue weighted by molar-refractivity contribution is 7.15. The van der Waals surface area contributed by atoms with Gasteiger partial charge in [-0.1, -0.05) is 39.0 Å². The Morgan fingerprint density at radius 3 is 2.48 bits per heavy atom. The molecule has 0 radical (unpaired) electrons. The van der Waals surface area contributed by atoms with E-state index in [0.29, 0.717) is 11.4 Å². The van der Waals surface area contributed by atoms with E-state index in [9.17, 15) is 9.59 Å². The Morgan fingerprint density at radius 1 is 1.26 bits per heavy atom. The van der Waals surface area contributed by atoms with Gasteiger partial charge in [0.05, 0.1) is 5.69 Å². The Bertz CT molecular complexity index is 743. The molecule has 0 fully saturated rings. The van der Waals surface area contributed by atoms with Gasteiger partial charge >= 0.3 is 5.97 Å². The summed E-state index contributed by atoms with van der Waals surface area (Å²) in [6.45, 7) is 7.62. The number of hydrogen-bond donors (Lipinski definition) is 1. The molecule has 6 heteroatoms. The van der Waals surface area contributed by atoms with E-state index in [1.165, 1.54) is 0 Å². The van der Waals surface area contributed by atoms with Crippen LogP contribution >= 0.6 is 11.3 Å². The Hall–Kier alpha value is -2.21. The number of carbonyl (C=O) groups excluding carboxylic acids is 1. The number of nitrogens with zero attached hydrogens (tertiary/aromatic N) is 1. The van der Waals surface area contributed by atoms with Crippen LogP contribution in [0, 0.1) is 6.92 Å². The first kappa shape index (κ1) is 17.1. The van der Waals surface area contributed by atoms with Crippen LogP contribution in [0.4, 0.5) is 0 Å². The van der Waals surface area contributed by atoms with Crippen LogP contribution in [0.1, 0.15) is 51.5 Å². The molecule has 122 valence electrons. The Balaban J connectivity index is 2.14. The van der Waals surface area contributed by atoms with Crippen molar-refractivity contribution < 1.29 is 19.4 Å². The highest BCUT2D eigenvalue weighted by Gasteiger charge is 2.21. The third kappa shape index (κ3) is 3.96. The number of rotatable bonds is 5. The van der Waals surface area contributed by atoms with E-state index in [1.807, 2.05) is 24.3 Å². The average molecular weight is 333 g/mol. The highest BCUT2D eigenvalue weighted by Crippen LogP contribution is 2.31. The molecule has 0 atom stereocenters. The zero-order valence-electron chi connectivity index (χ0n) is 13.5. The lowest BCUT2D eigenvalue weighted by Gasteiger charge is -2.22. The number of carbonyl (C=O) groups is 2. The van der Waals surface area contributed by atoms with Crippen LogP contribution in [-0.4, -0.2) is 28.4 Å². The number of aryl methyl sites for hydroxylation is 1. The van der Waals surface area contributed by atoms with Gasteiger partial charge in [0.2, 0.25) is 5.78 Å². The highest BCUT2D eigenvalue weighted by atomic mass is 32.1. The smallest absolute Gasteiger partial charge is 0.347 e. The summed E-state index contributed by atoms with van der Waals surface area (Å²) in [6, 6.07) is 7.57. The quantitative estimate of drug-likeness (QED) is 0.844. The molecular formula is C17H19NO4S. The van der Waals surface area contributed by atoms with Crippen molar-refractivity contribution in [2.75, 3.05) is 6.61 Å². The van der Waals surface area contributed by atoms with Crippen molar-refractivity contribution >= 4 is 23.1 Å². The molecule has 0 aliphatic rings. The molecule has 0 aliphatic carbocycles. The lowest BCUT2D eigenvalue weighted by atomic mass is 9.86. The number of para-hydroxylation sites is 1. The first-order chi connectivity index (χ1) is 10.7. The van der Waals surface area contributed by atoms with Gasteiger partial charge in [-0.25, -0.2) is 9.78 Å². The zero-order chi connectivity index (χ0) is 17.2. The summed E-state index contributed by atoms with van der Waals surface area (Å²) in [4.78, 5) is 27.3. The Morgan fingerprint density at radius 2 is 1.91 bits per heavy atom. The maximum atomic E-state index is 12.2. The van der Waals surface area contributed by atoms with Gasteiger partial charge < -0.3 is 9.84 Å². The Kier molecular flexibility index (Phi) is 4.85. The summed E-state index contributed by atoms with van der Waals surface area (Å²) >= 11 is 0.880. The third-order valence-corrected chi connectivity index (χ3v) is 4.47. The Labute approximate surface area is 138 Å².